The summed E-state index contributed by atoms with van der Waals surface area (Å²) in [6.45, 7) is 0.528. The minimum absolute atomic E-state index is 0.120. The molecule has 6 rings (SSSR count). The van der Waals surface area contributed by atoms with E-state index in [0.29, 0.717) is 29.5 Å². The molecule has 2 fully saturated rings. The Balaban J connectivity index is 1.28. The Morgan fingerprint density at radius 2 is 2.06 bits per heavy atom. The first-order valence-corrected chi connectivity index (χ1v) is 10.1. The highest BCUT2D eigenvalue weighted by atomic mass is 16.7. The first-order valence-electron chi connectivity index (χ1n) is 10.1. The highest BCUT2D eigenvalue weighted by Gasteiger charge is 2.67. The van der Waals surface area contributed by atoms with Crippen LogP contribution in [-0.2, 0) is 14.3 Å². The molecule has 8 nitrogen and oxygen atoms in total. The van der Waals surface area contributed by atoms with Gasteiger partial charge < -0.3 is 29.2 Å². The van der Waals surface area contributed by atoms with Gasteiger partial charge in [0, 0.05) is 23.5 Å². The molecule has 2 aromatic carbocycles. The van der Waals surface area contributed by atoms with E-state index in [2.05, 4.69) is 5.32 Å². The molecule has 4 heterocycles. The molecular formula is C23H20N2O6. The molecule has 0 aromatic heterocycles. The van der Waals surface area contributed by atoms with Crippen LogP contribution in [0.3, 0.4) is 0 Å². The molecule has 4 aliphatic heterocycles. The first kappa shape index (κ1) is 18.3. The topological polar surface area (TPSA) is 86.3 Å². The summed E-state index contributed by atoms with van der Waals surface area (Å²) >= 11 is 0. The second-order valence-electron chi connectivity index (χ2n) is 8.08. The van der Waals surface area contributed by atoms with Crippen LogP contribution >= 0.6 is 0 Å². The van der Waals surface area contributed by atoms with Crippen LogP contribution < -0.4 is 24.4 Å². The Bertz CT molecular complexity index is 1130. The van der Waals surface area contributed by atoms with E-state index in [0.717, 1.165) is 5.69 Å². The van der Waals surface area contributed by atoms with E-state index in [1.165, 1.54) is 0 Å². The molecule has 8 heteroatoms. The minimum Gasteiger partial charge on any atom is -0.497 e. The van der Waals surface area contributed by atoms with Crippen molar-refractivity contribution < 1.29 is 28.5 Å². The van der Waals surface area contributed by atoms with Crippen LogP contribution in [0.5, 0.6) is 17.2 Å². The fourth-order valence-corrected chi connectivity index (χ4v) is 4.99. The lowest BCUT2D eigenvalue weighted by Crippen LogP contribution is -2.41. The molecule has 158 valence electrons. The van der Waals surface area contributed by atoms with E-state index < -0.39 is 23.5 Å². The van der Waals surface area contributed by atoms with Crippen molar-refractivity contribution >= 4 is 23.2 Å². The van der Waals surface area contributed by atoms with Crippen molar-refractivity contribution in [3.63, 3.8) is 0 Å². The maximum atomic E-state index is 13.4. The van der Waals surface area contributed by atoms with Gasteiger partial charge in [-0.2, -0.15) is 0 Å². The van der Waals surface area contributed by atoms with Gasteiger partial charge in [-0.15, -0.1) is 0 Å². The van der Waals surface area contributed by atoms with E-state index in [1.54, 1.807) is 30.2 Å². The van der Waals surface area contributed by atoms with Gasteiger partial charge in [-0.3, -0.25) is 9.59 Å². The zero-order chi connectivity index (χ0) is 21.2. The van der Waals surface area contributed by atoms with Crippen LogP contribution in [0.2, 0.25) is 0 Å². The Kier molecular flexibility index (Phi) is 3.82. The first-order chi connectivity index (χ1) is 15.1. The molecule has 31 heavy (non-hydrogen) atoms. The molecule has 1 N–H and O–H groups in total. The maximum absolute atomic E-state index is 13.4. The van der Waals surface area contributed by atoms with Gasteiger partial charge in [0.05, 0.1) is 31.6 Å². The Labute approximate surface area is 178 Å². The number of amides is 2. The molecule has 2 aromatic rings. The molecule has 4 atom stereocenters. The number of carbonyl (C=O) groups is 2. The van der Waals surface area contributed by atoms with Crippen molar-refractivity contribution in [2.75, 3.05) is 30.7 Å². The average molecular weight is 420 g/mol. The largest absolute Gasteiger partial charge is 0.497 e. The van der Waals surface area contributed by atoms with Gasteiger partial charge in [0.25, 0.3) is 0 Å². The summed E-state index contributed by atoms with van der Waals surface area (Å²) in [7, 11) is 1.59. The minimum atomic E-state index is -0.790. The van der Waals surface area contributed by atoms with Crippen molar-refractivity contribution in [1.82, 2.24) is 0 Å². The molecule has 0 radical (unpaired) electrons. The van der Waals surface area contributed by atoms with Crippen LogP contribution in [0, 0.1) is 11.8 Å². The van der Waals surface area contributed by atoms with Crippen molar-refractivity contribution in [3.05, 3.63) is 54.6 Å². The molecular weight excluding hydrogens is 400 g/mol. The smallest absolute Gasteiger partial charge is 0.234 e. The fourth-order valence-electron chi connectivity index (χ4n) is 4.99. The summed E-state index contributed by atoms with van der Waals surface area (Å²) in [5, 5.41) is 2.92. The number of hydrogen-bond donors (Lipinski definition) is 1. The number of nitrogens with zero attached hydrogens (tertiary/aromatic N) is 1. The predicted octanol–water partition coefficient (Wildman–Crippen LogP) is 2.35. The Morgan fingerprint density at radius 1 is 1.19 bits per heavy atom. The number of hydrogen-bond acceptors (Lipinski definition) is 6. The lowest BCUT2D eigenvalue weighted by molar-refractivity contribution is -0.128. The number of fused-ring (bicyclic) bond motifs is 2. The third kappa shape index (κ3) is 2.64. The highest BCUT2D eigenvalue weighted by molar-refractivity contribution is 6.05. The molecule has 1 spiro atoms. The van der Waals surface area contributed by atoms with E-state index in [9.17, 15) is 9.59 Å². The number of anilines is 2. The summed E-state index contributed by atoms with van der Waals surface area (Å²) in [5.41, 5.74) is 0.524. The molecule has 2 bridgehead atoms. The third-order valence-corrected chi connectivity index (χ3v) is 6.41. The Morgan fingerprint density at radius 3 is 2.94 bits per heavy atom. The van der Waals surface area contributed by atoms with Crippen molar-refractivity contribution in [1.29, 1.82) is 0 Å². The number of methoxy groups -OCH3 is 1. The monoisotopic (exact) mass is 420 g/mol. The summed E-state index contributed by atoms with van der Waals surface area (Å²) in [4.78, 5) is 28.4. The van der Waals surface area contributed by atoms with Gasteiger partial charge in [0.1, 0.15) is 11.4 Å². The zero-order valence-electron chi connectivity index (χ0n) is 16.7. The normalized spacial score (nSPS) is 29.4. The number of carbonyl (C=O) groups excluding carboxylic acids is 2. The molecule has 4 aliphatic rings. The van der Waals surface area contributed by atoms with E-state index in [1.807, 2.05) is 36.4 Å². The predicted molar refractivity (Wildman–Crippen MR) is 110 cm³/mol. The number of rotatable bonds is 4. The number of ether oxygens (including phenoxy) is 4. The molecule has 4 unspecified atom stereocenters. The summed E-state index contributed by atoms with van der Waals surface area (Å²) in [6, 6.07) is 12.6. The SMILES string of the molecule is COc1cccc(N2CC34C=CC(O3)C(C(=O)Nc3ccc5c(c3)OCO5)C4C2=O)c1. The molecule has 0 saturated carbocycles. The average Bonchev–Trinajstić information content (AvgIpc) is 3.54. The van der Waals surface area contributed by atoms with Gasteiger partial charge in [-0.1, -0.05) is 18.2 Å². The summed E-state index contributed by atoms with van der Waals surface area (Å²) in [5.74, 6) is 0.327. The summed E-state index contributed by atoms with van der Waals surface area (Å²) in [6.07, 6.45) is 3.41. The number of benzene rings is 2. The van der Waals surface area contributed by atoms with Crippen LogP contribution in [0.4, 0.5) is 11.4 Å². The number of nitrogens with one attached hydrogen (secondary N) is 1. The van der Waals surface area contributed by atoms with E-state index >= 15 is 0 Å². The Hall–Kier alpha value is -3.52. The molecule has 2 saturated heterocycles. The molecule has 0 aliphatic carbocycles. The lowest BCUT2D eigenvalue weighted by atomic mass is 9.77. The van der Waals surface area contributed by atoms with Gasteiger partial charge in [-0.25, -0.2) is 0 Å². The third-order valence-electron chi connectivity index (χ3n) is 6.41. The highest BCUT2D eigenvalue weighted by Crippen LogP contribution is 2.53. The molecule has 2 amide bonds. The van der Waals surface area contributed by atoms with Gasteiger partial charge in [0.15, 0.2) is 11.5 Å². The van der Waals surface area contributed by atoms with Crippen LogP contribution in [-0.4, -0.2) is 44.0 Å². The van der Waals surface area contributed by atoms with Crippen molar-refractivity contribution in [3.8, 4) is 17.2 Å². The second-order valence-corrected chi connectivity index (χ2v) is 8.08. The lowest BCUT2D eigenvalue weighted by Gasteiger charge is -2.23. The zero-order valence-corrected chi connectivity index (χ0v) is 16.7. The van der Waals surface area contributed by atoms with Gasteiger partial charge in [0.2, 0.25) is 18.6 Å². The van der Waals surface area contributed by atoms with Gasteiger partial charge >= 0.3 is 0 Å². The van der Waals surface area contributed by atoms with Crippen molar-refractivity contribution in [2.24, 2.45) is 11.8 Å². The van der Waals surface area contributed by atoms with Crippen molar-refractivity contribution in [2.45, 2.75) is 11.7 Å². The van der Waals surface area contributed by atoms with Crippen LogP contribution in [0.25, 0.3) is 0 Å². The van der Waals surface area contributed by atoms with Crippen LogP contribution in [0.1, 0.15) is 0 Å². The fraction of sp³-hybridized carbons (Fsp3) is 0.304. The standard InChI is InChI=1S/C23H20N2O6/c1-28-15-4-2-3-14(10-15)25-11-23-8-7-17(31-23)19(20(23)22(25)27)21(26)24-13-5-6-16-18(9-13)30-12-29-16/h2-10,17,19-20H,11-12H2,1H3,(H,24,26). The van der Waals surface area contributed by atoms with E-state index in [-0.39, 0.29) is 18.6 Å². The van der Waals surface area contributed by atoms with Gasteiger partial charge in [-0.05, 0) is 24.3 Å². The quantitative estimate of drug-likeness (QED) is 0.765. The maximum Gasteiger partial charge on any atom is 0.234 e. The summed E-state index contributed by atoms with van der Waals surface area (Å²) < 4.78 is 22.2. The van der Waals surface area contributed by atoms with E-state index in [4.69, 9.17) is 18.9 Å². The van der Waals surface area contributed by atoms with Crippen LogP contribution in [0.15, 0.2) is 54.6 Å². The second kappa shape index (κ2) is 6.49.